The number of hydrogen-bond donors (Lipinski definition) is 1. The Bertz CT molecular complexity index is 1230. The van der Waals surface area contributed by atoms with Crippen molar-refractivity contribution in [1.82, 2.24) is 15.1 Å². The fourth-order valence-electron chi connectivity index (χ4n) is 3.74. The first-order valence-electron chi connectivity index (χ1n) is 10.1. The van der Waals surface area contributed by atoms with Crippen molar-refractivity contribution in [2.24, 2.45) is 0 Å². The summed E-state index contributed by atoms with van der Waals surface area (Å²) in [6, 6.07) is 13.3. The van der Waals surface area contributed by atoms with Gasteiger partial charge in [-0.25, -0.2) is 12.8 Å². The highest BCUT2D eigenvalue weighted by atomic mass is 32.2. The van der Waals surface area contributed by atoms with Crippen LogP contribution in [0.25, 0.3) is 11.3 Å². The first-order valence-corrected chi connectivity index (χ1v) is 11.9. The van der Waals surface area contributed by atoms with Crippen LogP contribution in [0.1, 0.15) is 39.6 Å². The van der Waals surface area contributed by atoms with Gasteiger partial charge in [-0.2, -0.15) is 5.10 Å². The largest absolute Gasteiger partial charge is 0.347 e. The second-order valence-electron chi connectivity index (χ2n) is 8.02. The van der Waals surface area contributed by atoms with Crippen LogP contribution in [0.5, 0.6) is 0 Å². The fraction of sp³-hybridized carbons (Fsp3) is 0.304. The third-order valence-corrected chi connectivity index (χ3v) is 7.44. The maximum atomic E-state index is 13.1. The number of benzene rings is 2. The molecule has 1 saturated heterocycles. The molecule has 1 amide bonds. The zero-order chi connectivity index (χ0) is 22.2. The summed E-state index contributed by atoms with van der Waals surface area (Å²) in [4.78, 5) is 12.8. The molecule has 1 aromatic heterocycles. The van der Waals surface area contributed by atoms with Gasteiger partial charge in [-0.1, -0.05) is 24.3 Å². The summed E-state index contributed by atoms with van der Waals surface area (Å²) in [6.45, 7) is 4.27. The van der Waals surface area contributed by atoms with Crippen molar-refractivity contribution in [1.29, 1.82) is 0 Å². The van der Waals surface area contributed by atoms with E-state index in [1.165, 1.54) is 12.1 Å². The minimum Gasteiger partial charge on any atom is -0.347 e. The van der Waals surface area contributed by atoms with E-state index in [9.17, 15) is 17.6 Å². The SMILES string of the molecule is Cc1ccc(-c2cc(C(=O)NCc3ccc(F)cc3)nn2[C@@H]2CCS(=O)(=O)C2)cc1C. The second kappa shape index (κ2) is 8.26. The Balaban J connectivity index is 1.64. The Kier molecular flexibility index (Phi) is 5.66. The molecule has 1 fully saturated rings. The van der Waals surface area contributed by atoms with Crippen molar-refractivity contribution in [3.8, 4) is 11.3 Å². The molecule has 3 aromatic rings. The van der Waals surface area contributed by atoms with E-state index in [4.69, 9.17) is 0 Å². The quantitative estimate of drug-likeness (QED) is 0.656. The van der Waals surface area contributed by atoms with Crippen LogP contribution >= 0.6 is 0 Å². The third kappa shape index (κ3) is 4.69. The molecule has 0 radical (unpaired) electrons. The summed E-state index contributed by atoms with van der Waals surface area (Å²) >= 11 is 0. The molecule has 2 aromatic carbocycles. The van der Waals surface area contributed by atoms with Gasteiger partial charge in [0.2, 0.25) is 0 Å². The minimum absolute atomic E-state index is 0.0170. The van der Waals surface area contributed by atoms with Gasteiger partial charge < -0.3 is 5.32 Å². The van der Waals surface area contributed by atoms with Crippen molar-refractivity contribution in [3.63, 3.8) is 0 Å². The lowest BCUT2D eigenvalue weighted by Gasteiger charge is -2.14. The lowest BCUT2D eigenvalue weighted by Crippen LogP contribution is -2.24. The number of hydrogen-bond acceptors (Lipinski definition) is 4. The smallest absolute Gasteiger partial charge is 0.272 e. The Morgan fingerprint density at radius 3 is 2.52 bits per heavy atom. The molecule has 2 heterocycles. The van der Waals surface area contributed by atoms with Crippen molar-refractivity contribution in [3.05, 3.63) is 76.7 Å². The van der Waals surface area contributed by atoms with Gasteiger partial charge in [0.1, 0.15) is 5.82 Å². The summed E-state index contributed by atoms with van der Waals surface area (Å²) < 4.78 is 38.8. The van der Waals surface area contributed by atoms with Gasteiger partial charge in [-0.3, -0.25) is 9.48 Å². The van der Waals surface area contributed by atoms with E-state index in [0.29, 0.717) is 6.42 Å². The Morgan fingerprint density at radius 2 is 1.87 bits per heavy atom. The highest BCUT2D eigenvalue weighted by Gasteiger charge is 2.32. The topological polar surface area (TPSA) is 81.1 Å². The van der Waals surface area contributed by atoms with Crippen molar-refractivity contribution < 1.29 is 17.6 Å². The van der Waals surface area contributed by atoms with Gasteiger partial charge in [0.05, 0.1) is 23.2 Å². The number of aromatic nitrogens is 2. The highest BCUT2D eigenvalue weighted by Crippen LogP contribution is 2.31. The van der Waals surface area contributed by atoms with Crippen molar-refractivity contribution in [2.75, 3.05) is 11.5 Å². The lowest BCUT2D eigenvalue weighted by atomic mass is 10.0. The number of carbonyl (C=O) groups excluding carboxylic acids is 1. The number of rotatable bonds is 5. The molecule has 1 aliphatic heterocycles. The number of carbonyl (C=O) groups is 1. The van der Waals surface area contributed by atoms with Crippen LogP contribution in [0.2, 0.25) is 0 Å². The third-order valence-electron chi connectivity index (χ3n) is 5.69. The molecule has 0 unspecified atom stereocenters. The molecule has 8 heteroatoms. The number of amides is 1. The summed E-state index contributed by atoms with van der Waals surface area (Å²) in [7, 11) is -3.11. The summed E-state index contributed by atoms with van der Waals surface area (Å²) in [5, 5.41) is 7.29. The fourth-order valence-corrected chi connectivity index (χ4v) is 5.44. The molecular weight excluding hydrogens is 417 g/mol. The average Bonchev–Trinajstić information content (AvgIpc) is 3.33. The molecule has 0 bridgehead atoms. The predicted molar refractivity (Wildman–Crippen MR) is 117 cm³/mol. The van der Waals surface area contributed by atoms with E-state index in [1.54, 1.807) is 22.9 Å². The van der Waals surface area contributed by atoms with Gasteiger partial charge in [0.15, 0.2) is 15.5 Å². The first-order chi connectivity index (χ1) is 14.7. The van der Waals surface area contributed by atoms with E-state index in [0.717, 1.165) is 27.9 Å². The summed E-state index contributed by atoms with van der Waals surface area (Å²) in [6.07, 6.45) is 0.471. The number of nitrogens with zero attached hydrogens (tertiary/aromatic N) is 2. The second-order valence-corrected chi connectivity index (χ2v) is 10.3. The average molecular weight is 442 g/mol. The van der Waals surface area contributed by atoms with E-state index < -0.39 is 9.84 Å². The van der Waals surface area contributed by atoms with Crippen LogP contribution in [0, 0.1) is 19.7 Å². The van der Waals surface area contributed by atoms with Crippen molar-refractivity contribution >= 4 is 15.7 Å². The van der Waals surface area contributed by atoms with E-state index >= 15 is 0 Å². The zero-order valence-electron chi connectivity index (χ0n) is 17.4. The van der Waals surface area contributed by atoms with Crippen LogP contribution in [0.15, 0.2) is 48.5 Å². The minimum atomic E-state index is -3.11. The molecule has 4 rings (SSSR count). The van der Waals surface area contributed by atoms with Gasteiger partial charge in [0, 0.05) is 12.1 Å². The maximum absolute atomic E-state index is 13.1. The van der Waals surface area contributed by atoms with Gasteiger partial charge in [-0.15, -0.1) is 0 Å². The molecule has 162 valence electrons. The number of sulfone groups is 1. The van der Waals surface area contributed by atoms with Crippen LogP contribution in [0.4, 0.5) is 4.39 Å². The number of nitrogens with one attached hydrogen (secondary N) is 1. The summed E-state index contributed by atoms with van der Waals surface area (Å²) in [5.41, 5.74) is 4.85. The lowest BCUT2D eigenvalue weighted by molar-refractivity contribution is 0.0945. The molecular formula is C23H24FN3O3S. The molecule has 1 atom stereocenters. The molecule has 6 nitrogen and oxygen atoms in total. The molecule has 0 saturated carbocycles. The van der Waals surface area contributed by atoms with Gasteiger partial charge in [0.25, 0.3) is 5.91 Å². The van der Waals surface area contributed by atoms with Gasteiger partial charge >= 0.3 is 0 Å². The Hall–Kier alpha value is -3.00. The Morgan fingerprint density at radius 1 is 1.13 bits per heavy atom. The van der Waals surface area contributed by atoms with Crippen LogP contribution in [-0.4, -0.2) is 35.6 Å². The van der Waals surface area contributed by atoms with E-state index in [2.05, 4.69) is 10.4 Å². The zero-order valence-corrected chi connectivity index (χ0v) is 18.2. The highest BCUT2D eigenvalue weighted by molar-refractivity contribution is 7.91. The molecule has 1 aliphatic rings. The van der Waals surface area contributed by atoms with E-state index in [-0.39, 0.29) is 41.5 Å². The predicted octanol–water partition coefficient (Wildman–Crippen LogP) is 3.60. The Labute approximate surface area is 181 Å². The normalized spacial score (nSPS) is 17.6. The maximum Gasteiger partial charge on any atom is 0.272 e. The van der Waals surface area contributed by atoms with E-state index in [1.807, 2.05) is 32.0 Å². The molecule has 0 aliphatic carbocycles. The number of aryl methyl sites for hydroxylation is 2. The molecule has 1 N–H and O–H groups in total. The first kappa shape index (κ1) is 21.2. The van der Waals surface area contributed by atoms with Crippen LogP contribution in [0.3, 0.4) is 0 Å². The molecule has 0 spiro atoms. The van der Waals surface area contributed by atoms with Gasteiger partial charge in [-0.05, 0) is 61.2 Å². The van der Waals surface area contributed by atoms with Crippen LogP contribution in [-0.2, 0) is 16.4 Å². The summed E-state index contributed by atoms with van der Waals surface area (Å²) in [5.74, 6) is -0.563. The molecule has 31 heavy (non-hydrogen) atoms. The standard InChI is InChI=1S/C23H24FN3O3S/c1-15-3-6-18(11-16(15)2)22-12-21(26-27(22)20-9-10-31(29,30)14-20)23(28)25-13-17-4-7-19(24)8-5-17/h3-8,11-12,20H,9-10,13-14H2,1-2H3,(H,25,28)/t20-/m1/s1. The monoisotopic (exact) mass is 441 g/mol. The van der Waals surface area contributed by atoms with Crippen molar-refractivity contribution in [2.45, 2.75) is 32.9 Å². The van der Waals surface area contributed by atoms with Crippen LogP contribution < -0.4 is 5.32 Å². The number of halogens is 1.